The summed E-state index contributed by atoms with van der Waals surface area (Å²) in [7, 11) is 0. The number of aromatic nitrogens is 1. The molecule has 0 aromatic carbocycles. The van der Waals surface area contributed by atoms with Crippen LogP contribution in [0.5, 0.6) is 0 Å². The van der Waals surface area contributed by atoms with Crippen molar-refractivity contribution in [3.8, 4) is 6.07 Å². The van der Waals surface area contributed by atoms with Gasteiger partial charge in [0.05, 0.1) is 0 Å². The Morgan fingerprint density at radius 2 is 2.06 bits per heavy atom. The van der Waals surface area contributed by atoms with Gasteiger partial charge in [-0.1, -0.05) is 13.8 Å². The van der Waals surface area contributed by atoms with Gasteiger partial charge < -0.3 is 0 Å². The molecule has 0 unspecified atom stereocenters. The third-order valence-corrected chi connectivity index (χ3v) is 2.65. The Morgan fingerprint density at radius 1 is 1.35 bits per heavy atom. The molecule has 0 atom stereocenters. The molecule has 0 fully saturated rings. The van der Waals surface area contributed by atoms with Crippen molar-refractivity contribution < 1.29 is 0 Å². The Kier molecular flexibility index (Phi) is 5.11. The zero-order valence-electron chi connectivity index (χ0n) is 11.1. The van der Waals surface area contributed by atoms with Crippen LogP contribution in [0.4, 0.5) is 0 Å². The third kappa shape index (κ3) is 4.54. The highest BCUT2D eigenvalue weighted by Crippen LogP contribution is 2.11. The molecule has 3 nitrogen and oxygen atoms in total. The van der Waals surface area contributed by atoms with Gasteiger partial charge in [-0.05, 0) is 37.5 Å². The molecule has 0 aliphatic heterocycles. The Morgan fingerprint density at radius 3 is 2.59 bits per heavy atom. The van der Waals surface area contributed by atoms with E-state index in [4.69, 9.17) is 5.26 Å². The van der Waals surface area contributed by atoms with Gasteiger partial charge in [0.25, 0.3) is 0 Å². The van der Waals surface area contributed by atoms with E-state index in [9.17, 15) is 0 Å². The van der Waals surface area contributed by atoms with Crippen LogP contribution in [0, 0.1) is 17.2 Å². The van der Waals surface area contributed by atoms with Crippen molar-refractivity contribution in [2.45, 2.75) is 40.3 Å². The SMILES string of the molecule is CC(C)CN(Cc1ccnc(C#N)c1)C(C)C. The van der Waals surface area contributed by atoms with E-state index in [2.05, 4.69) is 43.6 Å². The first-order chi connectivity index (χ1) is 8.02. The highest BCUT2D eigenvalue weighted by atomic mass is 15.1. The Labute approximate surface area is 104 Å². The normalized spacial score (nSPS) is 11.2. The van der Waals surface area contributed by atoms with E-state index >= 15 is 0 Å². The van der Waals surface area contributed by atoms with Gasteiger partial charge in [0.15, 0.2) is 0 Å². The smallest absolute Gasteiger partial charge is 0.140 e. The number of nitriles is 1. The topological polar surface area (TPSA) is 39.9 Å². The van der Waals surface area contributed by atoms with Crippen molar-refractivity contribution in [3.05, 3.63) is 29.6 Å². The second kappa shape index (κ2) is 6.36. The summed E-state index contributed by atoms with van der Waals surface area (Å²) in [6.45, 7) is 10.8. The summed E-state index contributed by atoms with van der Waals surface area (Å²) in [6, 6.07) is 6.44. The Hall–Kier alpha value is -1.40. The summed E-state index contributed by atoms with van der Waals surface area (Å²) in [5.41, 5.74) is 1.65. The van der Waals surface area contributed by atoms with E-state index in [1.807, 2.05) is 12.1 Å². The molecule has 0 saturated heterocycles. The predicted octanol–water partition coefficient (Wildman–Crippen LogP) is 2.82. The number of rotatable bonds is 5. The van der Waals surface area contributed by atoms with Crippen molar-refractivity contribution in [1.82, 2.24) is 9.88 Å². The number of hydrogen-bond acceptors (Lipinski definition) is 3. The lowest BCUT2D eigenvalue weighted by Crippen LogP contribution is -2.33. The Bertz CT molecular complexity index is 391. The maximum Gasteiger partial charge on any atom is 0.140 e. The molecule has 0 bridgehead atoms. The van der Waals surface area contributed by atoms with Crippen LogP contribution in [0.15, 0.2) is 18.3 Å². The van der Waals surface area contributed by atoms with E-state index in [-0.39, 0.29) is 0 Å². The third-order valence-electron chi connectivity index (χ3n) is 2.65. The number of hydrogen-bond donors (Lipinski definition) is 0. The maximum absolute atomic E-state index is 8.82. The summed E-state index contributed by atoms with van der Waals surface area (Å²) >= 11 is 0. The van der Waals surface area contributed by atoms with Crippen molar-refractivity contribution in [2.24, 2.45) is 5.92 Å². The molecule has 0 amide bonds. The molecule has 17 heavy (non-hydrogen) atoms. The molecule has 1 aromatic rings. The highest BCUT2D eigenvalue weighted by molar-refractivity contribution is 5.25. The van der Waals surface area contributed by atoms with Crippen LogP contribution in [-0.4, -0.2) is 22.5 Å². The molecule has 0 spiro atoms. The molecular weight excluding hydrogens is 210 g/mol. The van der Waals surface area contributed by atoms with E-state index in [0.717, 1.165) is 18.7 Å². The zero-order valence-corrected chi connectivity index (χ0v) is 11.1. The molecule has 1 heterocycles. The molecule has 0 radical (unpaired) electrons. The van der Waals surface area contributed by atoms with Crippen LogP contribution >= 0.6 is 0 Å². The van der Waals surface area contributed by atoms with Crippen molar-refractivity contribution in [1.29, 1.82) is 5.26 Å². The van der Waals surface area contributed by atoms with Gasteiger partial charge in [-0.15, -0.1) is 0 Å². The molecule has 0 aliphatic carbocycles. The fraction of sp³-hybridized carbons (Fsp3) is 0.571. The standard InChI is InChI=1S/C14H21N3/c1-11(2)9-17(12(3)4)10-13-5-6-16-14(7-13)8-15/h5-7,11-12H,9-10H2,1-4H3. The average Bonchev–Trinajstić information content (AvgIpc) is 2.27. The Balaban J connectivity index is 2.75. The van der Waals surface area contributed by atoms with Gasteiger partial charge in [-0.25, -0.2) is 4.98 Å². The zero-order chi connectivity index (χ0) is 12.8. The molecule has 0 N–H and O–H groups in total. The minimum atomic E-state index is 0.496. The lowest BCUT2D eigenvalue weighted by atomic mass is 10.1. The van der Waals surface area contributed by atoms with E-state index < -0.39 is 0 Å². The second-order valence-electron chi connectivity index (χ2n) is 5.08. The van der Waals surface area contributed by atoms with Crippen LogP contribution < -0.4 is 0 Å². The fourth-order valence-electron chi connectivity index (χ4n) is 1.80. The molecule has 3 heteroatoms. The van der Waals surface area contributed by atoms with Gasteiger partial charge in [0, 0.05) is 25.3 Å². The van der Waals surface area contributed by atoms with Gasteiger partial charge >= 0.3 is 0 Å². The van der Waals surface area contributed by atoms with Crippen LogP contribution in [0.3, 0.4) is 0 Å². The van der Waals surface area contributed by atoms with Crippen molar-refractivity contribution in [3.63, 3.8) is 0 Å². The molecule has 92 valence electrons. The summed E-state index contributed by atoms with van der Waals surface area (Å²) in [5, 5.41) is 8.82. The van der Waals surface area contributed by atoms with Gasteiger partial charge in [-0.3, -0.25) is 4.90 Å². The van der Waals surface area contributed by atoms with Crippen LogP contribution in [-0.2, 0) is 6.54 Å². The van der Waals surface area contributed by atoms with Crippen molar-refractivity contribution in [2.75, 3.05) is 6.54 Å². The quantitative estimate of drug-likeness (QED) is 0.782. The lowest BCUT2D eigenvalue weighted by Gasteiger charge is -2.28. The van der Waals surface area contributed by atoms with E-state index in [1.165, 1.54) is 0 Å². The monoisotopic (exact) mass is 231 g/mol. The van der Waals surface area contributed by atoms with E-state index in [0.29, 0.717) is 17.7 Å². The minimum absolute atomic E-state index is 0.496. The summed E-state index contributed by atoms with van der Waals surface area (Å²) < 4.78 is 0. The van der Waals surface area contributed by atoms with Gasteiger partial charge in [0.1, 0.15) is 11.8 Å². The predicted molar refractivity (Wildman–Crippen MR) is 69.3 cm³/mol. The van der Waals surface area contributed by atoms with Gasteiger partial charge in [0.2, 0.25) is 0 Å². The van der Waals surface area contributed by atoms with Gasteiger partial charge in [-0.2, -0.15) is 5.26 Å². The second-order valence-corrected chi connectivity index (χ2v) is 5.08. The van der Waals surface area contributed by atoms with Crippen molar-refractivity contribution >= 4 is 0 Å². The van der Waals surface area contributed by atoms with E-state index in [1.54, 1.807) is 6.20 Å². The first kappa shape index (κ1) is 13.7. The summed E-state index contributed by atoms with van der Waals surface area (Å²) in [4.78, 5) is 6.41. The first-order valence-electron chi connectivity index (χ1n) is 6.12. The summed E-state index contributed by atoms with van der Waals surface area (Å²) in [6.07, 6.45) is 1.71. The molecule has 1 aromatic heterocycles. The molecular formula is C14H21N3. The summed E-state index contributed by atoms with van der Waals surface area (Å²) in [5.74, 6) is 0.648. The number of pyridine rings is 1. The highest BCUT2D eigenvalue weighted by Gasteiger charge is 2.12. The average molecular weight is 231 g/mol. The molecule has 0 aliphatic rings. The minimum Gasteiger partial charge on any atom is -0.296 e. The molecule has 1 rings (SSSR count). The first-order valence-corrected chi connectivity index (χ1v) is 6.12. The van der Waals surface area contributed by atoms with Crippen LogP contribution in [0.1, 0.15) is 39.0 Å². The van der Waals surface area contributed by atoms with Crippen LogP contribution in [0.2, 0.25) is 0 Å². The fourth-order valence-corrected chi connectivity index (χ4v) is 1.80. The lowest BCUT2D eigenvalue weighted by molar-refractivity contribution is 0.189. The number of nitrogens with zero attached hydrogens (tertiary/aromatic N) is 3. The van der Waals surface area contributed by atoms with Crippen LogP contribution in [0.25, 0.3) is 0 Å². The largest absolute Gasteiger partial charge is 0.296 e. The maximum atomic E-state index is 8.82. The molecule has 0 saturated carbocycles.